The van der Waals surface area contributed by atoms with Crippen LogP contribution in [0.15, 0.2) is 29.2 Å². The topological polar surface area (TPSA) is 114 Å². The first-order valence-corrected chi connectivity index (χ1v) is 6.59. The van der Waals surface area contributed by atoms with Crippen LogP contribution in [-0.2, 0) is 9.84 Å². The van der Waals surface area contributed by atoms with Crippen molar-refractivity contribution in [3.63, 3.8) is 0 Å². The molecule has 0 spiro atoms. The summed E-state index contributed by atoms with van der Waals surface area (Å²) in [4.78, 5) is 4.12. The van der Waals surface area contributed by atoms with Gasteiger partial charge in [0, 0.05) is 11.9 Å². The van der Waals surface area contributed by atoms with Crippen LogP contribution in [0.2, 0.25) is 0 Å². The molecule has 0 aliphatic carbocycles. The molecular weight excluding hydrogens is 242 g/mol. The van der Waals surface area contributed by atoms with E-state index in [1.165, 1.54) is 12.1 Å². The van der Waals surface area contributed by atoms with Crippen molar-refractivity contribution in [1.29, 1.82) is 0 Å². The van der Waals surface area contributed by atoms with Crippen molar-refractivity contribution in [3.05, 3.63) is 24.3 Å². The average molecular weight is 253 g/mol. The SMILES string of the molecule is CS(=O)(=O)c1ccc(Nc2n[nH]c(N)n2)cc1. The summed E-state index contributed by atoms with van der Waals surface area (Å²) in [6.45, 7) is 0. The third kappa shape index (κ3) is 2.72. The van der Waals surface area contributed by atoms with E-state index in [-0.39, 0.29) is 10.8 Å². The van der Waals surface area contributed by atoms with Gasteiger partial charge in [-0.25, -0.2) is 13.5 Å². The molecule has 1 heterocycles. The third-order valence-corrected chi connectivity index (χ3v) is 3.17. The Hall–Kier alpha value is -2.09. The van der Waals surface area contributed by atoms with Gasteiger partial charge in [0.1, 0.15) is 0 Å². The van der Waals surface area contributed by atoms with E-state index in [4.69, 9.17) is 5.73 Å². The number of nitrogens with two attached hydrogens (primary N) is 1. The second-order valence-electron chi connectivity index (χ2n) is 3.47. The Labute approximate surface area is 98.0 Å². The number of nitrogens with zero attached hydrogens (tertiary/aromatic N) is 2. The van der Waals surface area contributed by atoms with Crippen LogP contribution in [0.3, 0.4) is 0 Å². The molecule has 1 aromatic carbocycles. The predicted molar refractivity (Wildman–Crippen MR) is 63.6 cm³/mol. The Kier molecular flexibility index (Phi) is 2.72. The highest BCUT2D eigenvalue weighted by atomic mass is 32.2. The smallest absolute Gasteiger partial charge is 0.248 e. The lowest BCUT2D eigenvalue weighted by atomic mass is 10.3. The zero-order valence-corrected chi connectivity index (χ0v) is 9.82. The van der Waals surface area contributed by atoms with Gasteiger partial charge in [-0.15, -0.1) is 5.10 Å². The molecule has 17 heavy (non-hydrogen) atoms. The minimum atomic E-state index is -3.17. The molecule has 8 heteroatoms. The average Bonchev–Trinajstić information content (AvgIpc) is 2.63. The second-order valence-corrected chi connectivity index (χ2v) is 5.48. The first-order chi connectivity index (χ1) is 7.95. The molecule has 0 fully saturated rings. The Morgan fingerprint density at radius 2 is 1.94 bits per heavy atom. The lowest BCUT2D eigenvalue weighted by molar-refractivity contribution is 0.602. The Bertz CT molecular complexity index is 617. The summed E-state index contributed by atoms with van der Waals surface area (Å²) in [5, 5.41) is 9.15. The van der Waals surface area contributed by atoms with Gasteiger partial charge in [0.2, 0.25) is 11.9 Å². The van der Waals surface area contributed by atoms with Crippen LogP contribution in [-0.4, -0.2) is 29.9 Å². The van der Waals surface area contributed by atoms with E-state index in [2.05, 4.69) is 20.5 Å². The normalized spacial score (nSPS) is 11.4. The Morgan fingerprint density at radius 3 is 2.41 bits per heavy atom. The number of anilines is 3. The molecule has 2 aromatic rings. The summed E-state index contributed by atoms with van der Waals surface area (Å²) in [6, 6.07) is 6.27. The van der Waals surface area contributed by atoms with Crippen molar-refractivity contribution in [1.82, 2.24) is 15.2 Å². The van der Waals surface area contributed by atoms with E-state index in [1.807, 2.05) is 0 Å². The second kappa shape index (κ2) is 4.06. The highest BCUT2D eigenvalue weighted by Gasteiger charge is 2.06. The fourth-order valence-corrected chi connectivity index (χ4v) is 1.88. The van der Waals surface area contributed by atoms with Crippen molar-refractivity contribution in [3.8, 4) is 0 Å². The van der Waals surface area contributed by atoms with Crippen LogP contribution in [0.1, 0.15) is 0 Å². The molecule has 0 saturated carbocycles. The molecule has 4 N–H and O–H groups in total. The molecule has 0 aliphatic rings. The van der Waals surface area contributed by atoms with Crippen LogP contribution < -0.4 is 11.1 Å². The van der Waals surface area contributed by atoms with Crippen LogP contribution in [0, 0.1) is 0 Å². The molecule has 0 saturated heterocycles. The number of aromatic nitrogens is 3. The van der Waals surface area contributed by atoms with Crippen molar-refractivity contribution < 1.29 is 8.42 Å². The number of aromatic amines is 1. The van der Waals surface area contributed by atoms with E-state index in [0.29, 0.717) is 11.6 Å². The maximum atomic E-state index is 11.2. The number of nitrogens with one attached hydrogen (secondary N) is 2. The van der Waals surface area contributed by atoms with E-state index in [9.17, 15) is 8.42 Å². The largest absolute Gasteiger partial charge is 0.368 e. The Balaban J connectivity index is 2.19. The van der Waals surface area contributed by atoms with E-state index in [1.54, 1.807) is 12.1 Å². The van der Waals surface area contributed by atoms with Crippen molar-refractivity contribution in [2.24, 2.45) is 0 Å². The minimum absolute atomic E-state index is 0.209. The summed E-state index contributed by atoms with van der Waals surface area (Å²) in [5.41, 5.74) is 6.04. The van der Waals surface area contributed by atoms with Crippen LogP contribution in [0.4, 0.5) is 17.6 Å². The molecule has 2 rings (SSSR count). The molecular formula is C9H11N5O2S. The highest BCUT2D eigenvalue weighted by molar-refractivity contribution is 7.90. The Morgan fingerprint density at radius 1 is 1.29 bits per heavy atom. The van der Waals surface area contributed by atoms with Crippen LogP contribution in [0.5, 0.6) is 0 Å². The highest BCUT2D eigenvalue weighted by Crippen LogP contribution is 2.16. The summed E-state index contributed by atoms with van der Waals surface area (Å²) in [5.74, 6) is 0.537. The molecule has 1 aromatic heterocycles. The van der Waals surface area contributed by atoms with Gasteiger partial charge in [-0.3, -0.25) is 0 Å². The van der Waals surface area contributed by atoms with Gasteiger partial charge >= 0.3 is 0 Å². The maximum Gasteiger partial charge on any atom is 0.248 e. The quantitative estimate of drug-likeness (QED) is 0.735. The number of hydrogen-bond donors (Lipinski definition) is 3. The molecule has 7 nitrogen and oxygen atoms in total. The molecule has 0 amide bonds. The van der Waals surface area contributed by atoms with E-state index >= 15 is 0 Å². The fourth-order valence-electron chi connectivity index (χ4n) is 1.24. The molecule has 0 unspecified atom stereocenters. The summed E-state index contributed by atoms with van der Waals surface area (Å²) >= 11 is 0. The van der Waals surface area contributed by atoms with Gasteiger partial charge in [0.15, 0.2) is 9.84 Å². The van der Waals surface area contributed by atoms with E-state index < -0.39 is 9.84 Å². The third-order valence-electron chi connectivity index (χ3n) is 2.04. The monoisotopic (exact) mass is 253 g/mol. The zero-order valence-electron chi connectivity index (χ0n) is 9.01. The first-order valence-electron chi connectivity index (χ1n) is 4.70. The van der Waals surface area contributed by atoms with Crippen molar-refractivity contribution >= 4 is 27.4 Å². The molecule has 0 radical (unpaired) electrons. The summed E-state index contributed by atoms with van der Waals surface area (Å²) in [6.07, 6.45) is 1.16. The van der Waals surface area contributed by atoms with Crippen LogP contribution in [0.25, 0.3) is 0 Å². The first kappa shape index (κ1) is 11.4. The number of nitrogen functional groups attached to an aromatic ring is 1. The van der Waals surface area contributed by atoms with Crippen LogP contribution >= 0.6 is 0 Å². The number of benzene rings is 1. The zero-order chi connectivity index (χ0) is 12.5. The fraction of sp³-hybridized carbons (Fsp3) is 0.111. The maximum absolute atomic E-state index is 11.2. The number of sulfone groups is 1. The minimum Gasteiger partial charge on any atom is -0.368 e. The molecule has 0 bridgehead atoms. The van der Waals surface area contributed by atoms with Crippen molar-refractivity contribution in [2.75, 3.05) is 17.3 Å². The number of H-pyrrole nitrogens is 1. The van der Waals surface area contributed by atoms with Gasteiger partial charge in [-0.05, 0) is 24.3 Å². The lowest BCUT2D eigenvalue weighted by Gasteiger charge is -2.02. The lowest BCUT2D eigenvalue weighted by Crippen LogP contribution is -1.98. The molecule has 0 aliphatic heterocycles. The van der Waals surface area contributed by atoms with Gasteiger partial charge in [0.05, 0.1) is 4.90 Å². The predicted octanol–water partition coefficient (Wildman–Crippen LogP) is 0.534. The summed E-state index contributed by atoms with van der Waals surface area (Å²) < 4.78 is 22.5. The van der Waals surface area contributed by atoms with Crippen molar-refractivity contribution in [2.45, 2.75) is 4.90 Å². The van der Waals surface area contributed by atoms with Gasteiger partial charge in [-0.2, -0.15) is 4.98 Å². The van der Waals surface area contributed by atoms with Gasteiger partial charge in [0.25, 0.3) is 0 Å². The molecule has 90 valence electrons. The number of rotatable bonds is 3. The van der Waals surface area contributed by atoms with Gasteiger partial charge in [-0.1, -0.05) is 0 Å². The number of hydrogen-bond acceptors (Lipinski definition) is 6. The van der Waals surface area contributed by atoms with E-state index in [0.717, 1.165) is 6.26 Å². The molecule has 0 atom stereocenters. The van der Waals surface area contributed by atoms with Gasteiger partial charge < -0.3 is 11.1 Å². The summed E-state index contributed by atoms with van der Waals surface area (Å²) in [7, 11) is -3.17. The standard InChI is InChI=1S/C9H11N5O2S/c1-17(15,16)7-4-2-6(3-5-7)11-9-12-8(10)13-14-9/h2-5H,1H3,(H4,10,11,12,13,14).